The van der Waals surface area contributed by atoms with Gasteiger partial charge in [-0.15, -0.1) is 0 Å². The minimum atomic E-state index is -0.813. The number of rotatable bonds is 5. The summed E-state index contributed by atoms with van der Waals surface area (Å²) in [6, 6.07) is 7.64. The van der Waals surface area contributed by atoms with Crippen molar-refractivity contribution in [2.75, 3.05) is 0 Å². The molecular formula is C13H12BrNO3. The summed E-state index contributed by atoms with van der Waals surface area (Å²) >= 11 is 3.43. The second kappa shape index (κ2) is 5.82. The minimum Gasteiger partial charge on any atom is -0.481 e. The van der Waals surface area contributed by atoms with Crippen LogP contribution in [0.3, 0.4) is 0 Å². The van der Waals surface area contributed by atoms with Crippen molar-refractivity contribution in [2.45, 2.75) is 12.8 Å². The predicted molar refractivity (Wildman–Crippen MR) is 69.2 cm³/mol. The van der Waals surface area contributed by atoms with Gasteiger partial charge in [0.15, 0.2) is 0 Å². The number of hydrogen-bond donors (Lipinski definition) is 1. The molecule has 18 heavy (non-hydrogen) atoms. The Labute approximate surface area is 113 Å². The average Bonchev–Trinajstić information content (AvgIpc) is 2.83. The summed E-state index contributed by atoms with van der Waals surface area (Å²) in [7, 11) is 0. The fraction of sp³-hybridized carbons (Fsp3) is 0.231. The molecule has 1 unspecified atom stereocenters. The molecule has 1 atom stereocenters. The Morgan fingerprint density at radius 2 is 2.17 bits per heavy atom. The van der Waals surface area contributed by atoms with E-state index in [2.05, 4.69) is 21.1 Å². The number of nitrogens with zero attached hydrogens (tertiary/aromatic N) is 1. The van der Waals surface area contributed by atoms with Crippen LogP contribution in [0.5, 0.6) is 0 Å². The topological polar surface area (TPSA) is 63.3 Å². The van der Waals surface area contributed by atoms with Gasteiger partial charge in [-0.05, 0) is 24.5 Å². The quantitative estimate of drug-likeness (QED) is 0.922. The van der Waals surface area contributed by atoms with E-state index in [0.717, 1.165) is 15.6 Å². The number of carboxylic acids is 1. The Balaban J connectivity index is 2.12. The fourth-order valence-electron chi connectivity index (χ4n) is 1.79. The summed E-state index contributed by atoms with van der Waals surface area (Å²) in [5.41, 5.74) is 1.79. The standard InChI is InChI=1S/C13H12BrNO3/c14-12-4-2-1-3-10(12)6-11(13(16)17)5-9-7-15-18-8-9/h1-4,7-8,11H,5-6H2,(H,16,17). The van der Waals surface area contributed by atoms with E-state index in [-0.39, 0.29) is 0 Å². The summed E-state index contributed by atoms with van der Waals surface area (Å²) in [6.45, 7) is 0. The zero-order valence-electron chi connectivity index (χ0n) is 9.54. The maximum Gasteiger partial charge on any atom is 0.307 e. The van der Waals surface area contributed by atoms with Crippen LogP contribution >= 0.6 is 15.9 Å². The number of aliphatic carboxylic acids is 1. The van der Waals surface area contributed by atoms with E-state index >= 15 is 0 Å². The Hall–Kier alpha value is -1.62. The molecule has 5 heteroatoms. The second-order valence-electron chi connectivity index (χ2n) is 4.07. The summed E-state index contributed by atoms with van der Waals surface area (Å²) in [4.78, 5) is 11.3. The van der Waals surface area contributed by atoms with E-state index in [4.69, 9.17) is 4.52 Å². The molecule has 0 amide bonds. The normalized spacial score (nSPS) is 12.3. The van der Waals surface area contributed by atoms with Crippen LogP contribution in [0.25, 0.3) is 0 Å². The molecule has 4 nitrogen and oxygen atoms in total. The summed E-state index contributed by atoms with van der Waals surface area (Å²) < 4.78 is 5.65. The van der Waals surface area contributed by atoms with Gasteiger partial charge in [-0.25, -0.2) is 0 Å². The van der Waals surface area contributed by atoms with Gasteiger partial charge in [0.2, 0.25) is 0 Å². The lowest BCUT2D eigenvalue weighted by molar-refractivity contribution is -0.141. The molecule has 1 heterocycles. The molecule has 94 valence electrons. The van der Waals surface area contributed by atoms with Gasteiger partial charge in [0.05, 0.1) is 12.1 Å². The van der Waals surface area contributed by atoms with Gasteiger partial charge < -0.3 is 9.63 Å². The first-order chi connectivity index (χ1) is 8.66. The van der Waals surface area contributed by atoms with E-state index < -0.39 is 11.9 Å². The molecule has 1 aromatic heterocycles. The molecule has 0 bridgehead atoms. The molecule has 2 rings (SSSR count). The third-order valence-corrected chi connectivity index (χ3v) is 3.51. The third kappa shape index (κ3) is 3.20. The van der Waals surface area contributed by atoms with Crippen molar-refractivity contribution < 1.29 is 14.4 Å². The van der Waals surface area contributed by atoms with E-state index in [9.17, 15) is 9.90 Å². The first-order valence-corrected chi connectivity index (χ1v) is 6.30. The van der Waals surface area contributed by atoms with Crippen molar-refractivity contribution in [3.8, 4) is 0 Å². The van der Waals surface area contributed by atoms with E-state index in [1.54, 1.807) is 6.20 Å². The Morgan fingerprint density at radius 1 is 1.39 bits per heavy atom. The van der Waals surface area contributed by atoms with Gasteiger partial charge in [-0.3, -0.25) is 4.79 Å². The number of carboxylic acid groups (broad SMARTS) is 1. The van der Waals surface area contributed by atoms with Gasteiger partial charge >= 0.3 is 5.97 Å². The highest BCUT2D eigenvalue weighted by Crippen LogP contribution is 2.21. The Kier molecular flexibility index (Phi) is 4.15. The van der Waals surface area contributed by atoms with Crippen LogP contribution in [0.2, 0.25) is 0 Å². The van der Waals surface area contributed by atoms with Crippen molar-refractivity contribution in [3.05, 3.63) is 52.3 Å². The van der Waals surface area contributed by atoms with Crippen LogP contribution in [0.4, 0.5) is 0 Å². The predicted octanol–water partition coefficient (Wildman–Crippen LogP) is 2.92. The van der Waals surface area contributed by atoms with Crippen LogP contribution in [0.1, 0.15) is 11.1 Å². The smallest absolute Gasteiger partial charge is 0.307 e. The first kappa shape index (κ1) is 12.8. The molecule has 0 fully saturated rings. The number of carbonyl (C=O) groups is 1. The molecule has 1 aromatic carbocycles. The van der Waals surface area contributed by atoms with Crippen LogP contribution in [0.15, 0.2) is 45.7 Å². The number of halogens is 1. The highest BCUT2D eigenvalue weighted by atomic mass is 79.9. The second-order valence-corrected chi connectivity index (χ2v) is 4.92. The zero-order valence-corrected chi connectivity index (χ0v) is 11.1. The van der Waals surface area contributed by atoms with Crippen molar-refractivity contribution in [3.63, 3.8) is 0 Å². The lowest BCUT2D eigenvalue weighted by Crippen LogP contribution is -2.19. The van der Waals surface area contributed by atoms with Crippen molar-refractivity contribution in [1.82, 2.24) is 5.16 Å². The minimum absolute atomic E-state index is 0.417. The van der Waals surface area contributed by atoms with Gasteiger partial charge in [0, 0.05) is 10.0 Å². The zero-order chi connectivity index (χ0) is 13.0. The maximum absolute atomic E-state index is 11.3. The Morgan fingerprint density at radius 3 is 2.78 bits per heavy atom. The first-order valence-electron chi connectivity index (χ1n) is 5.51. The number of aromatic nitrogens is 1. The largest absolute Gasteiger partial charge is 0.481 e. The third-order valence-electron chi connectivity index (χ3n) is 2.74. The SMILES string of the molecule is O=C(O)C(Cc1cnoc1)Cc1ccccc1Br. The van der Waals surface area contributed by atoms with Gasteiger partial charge in [0.1, 0.15) is 6.26 Å². The molecule has 0 aliphatic heterocycles. The highest BCUT2D eigenvalue weighted by Gasteiger charge is 2.20. The van der Waals surface area contributed by atoms with Crippen molar-refractivity contribution in [1.29, 1.82) is 0 Å². The summed E-state index contributed by atoms with van der Waals surface area (Å²) in [6.07, 6.45) is 3.92. The lowest BCUT2D eigenvalue weighted by Gasteiger charge is -2.12. The van der Waals surface area contributed by atoms with Crippen molar-refractivity contribution >= 4 is 21.9 Å². The van der Waals surface area contributed by atoms with Gasteiger partial charge in [0.25, 0.3) is 0 Å². The summed E-state index contributed by atoms with van der Waals surface area (Å²) in [5, 5.41) is 12.8. The summed E-state index contributed by atoms with van der Waals surface area (Å²) in [5.74, 6) is -1.30. The molecule has 0 spiro atoms. The molecule has 2 aromatic rings. The molecule has 1 N–H and O–H groups in total. The molecule has 0 saturated carbocycles. The lowest BCUT2D eigenvalue weighted by atomic mass is 9.94. The van der Waals surface area contributed by atoms with Crippen LogP contribution in [-0.4, -0.2) is 16.2 Å². The maximum atomic E-state index is 11.3. The average molecular weight is 310 g/mol. The van der Waals surface area contributed by atoms with E-state index in [0.29, 0.717) is 12.8 Å². The molecule has 0 aliphatic rings. The van der Waals surface area contributed by atoms with E-state index in [1.807, 2.05) is 24.3 Å². The molecule has 0 radical (unpaired) electrons. The monoisotopic (exact) mass is 309 g/mol. The molecular weight excluding hydrogens is 298 g/mol. The van der Waals surface area contributed by atoms with Crippen molar-refractivity contribution in [2.24, 2.45) is 5.92 Å². The molecule has 0 aliphatic carbocycles. The van der Waals surface area contributed by atoms with Crippen LogP contribution in [-0.2, 0) is 17.6 Å². The number of benzene rings is 1. The van der Waals surface area contributed by atoms with E-state index in [1.165, 1.54) is 6.26 Å². The fourth-order valence-corrected chi connectivity index (χ4v) is 2.23. The van der Waals surface area contributed by atoms with Crippen LogP contribution in [0, 0.1) is 5.92 Å². The Bertz CT molecular complexity index is 525. The van der Waals surface area contributed by atoms with Crippen LogP contribution < -0.4 is 0 Å². The number of hydrogen-bond acceptors (Lipinski definition) is 3. The molecule has 0 saturated heterocycles. The van der Waals surface area contributed by atoms with Gasteiger partial charge in [-0.2, -0.15) is 0 Å². The van der Waals surface area contributed by atoms with Gasteiger partial charge in [-0.1, -0.05) is 39.3 Å². The highest BCUT2D eigenvalue weighted by molar-refractivity contribution is 9.10.